The topological polar surface area (TPSA) is 58.6 Å². The maximum Gasteiger partial charge on any atom is 0.258 e. The number of aliphatic hydroxyl groups is 1. The summed E-state index contributed by atoms with van der Waals surface area (Å²) in [5, 5.41) is 12.7. The van der Waals surface area contributed by atoms with Gasteiger partial charge in [-0.05, 0) is 29.8 Å². The first kappa shape index (κ1) is 15.4. The monoisotopic (exact) mass is 305 g/mol. The molecule has 2 aromatic rings. The second-order valence-corrected chi connectivity index (χ2v) is 4.89. The average Bonchev–Trinajstić information content (AvgIpc) is 2.53. The molecular formula is C16H16ClNO3. The van der Waals surface area contributed by atoms with Crippen LogP contribution in [0.3, 0.4) is 0 Å². The van der Waals surface area contributed by atoms with E-state index in [0.29, 0.717) is 10.8 Å². The van der Waals surface area contributed by atoms with E-state index in [2.05, 4.69) is 5.32 Å². The lowest BCUT2D eigenvalue weighted by molar-refractivity contribution is -0.124. The van der Waals surface area contributed by atoms with Gasteiger partial charge in [0.15, 0.2) is 6.61 Å². The van der Waals surface area contributed by atoms with Crippen molar-refractivity contribution < 1.29 is 14.6 Å². The highest BCUT2D eigenvalue weighted by Crippen LogP contribution is 2.15. The van der Waals surface area contributed by atoms with Crippen LogP contribution in [0.1, 0.15) is 11.6 Å². The molecule has 0 aliphatic heterocycles. The summed E-state index contributed by atoms with van der Waals surface area (Å²) in [6.07, 6.45) is 0. The summed E-state index contributed by atoms with van der Waals surface area (Å²) in [7, 11) is 0. The van der Waals surface area contributed by atoms with Gasteiger partial charge in [0.25, 0.3) is 5.91 Å². The maximum absolute atomic E-state index is 11.9. The minimum absolute atomic E-state index is 0.120. The number of benzene rings is 2. The first-order valence-corrected chi connectivity index (χ1v) is 6.90. The third-order valence-electron chi connectivity index (χ3n) is 2.90. The van der Waals surface area contributed by atoms with Gasteiger partial charge in [-0.1, -0.05) is 41.9 Å². The average molecular weight is 306 g/mol. The number of ether oxygens (including phenoxy) is 1. The fourth-order valence-electron chi connectivity index (χ4n) is 1.84. The summed E-state index contributed by atoms with van der Waals surface area (Å²) in [6.45, 7) is -0.290. The maximum atomic E-state index is 11.9. The Bertz CT molecular complexity index is 572. The number of rotatable bonds is 6. The lowest BCUT2D eigenvalue weighted by Crippen LogP contribution is -2.34. The molecular weight excluding hydrogens is 290 g/mol. The Morgan fingerprint density at radius 2 is 1.81 bits per heavy atom. The van der Waals surface area contributed by atoms with Crippen LogP contribution < -0.4 is 10.1 Å². The van der Waals surface area contributed by atoms with E-state index in [1.807, 2.05) is 30.3 Å². The molecule has 1 amide bonds. The van der Waals surface area contributed by atoms with E-state index in [-0.39, 0.29) is 19.1 Å². The van der Waals surface area contributed by atoms with Crippen molar-refractivity contribution in [1.29, 1.82) is 0 Å². The van der Waals surface area contributed by atoms with Crippen LogP contribution in [0.5, 0.6) is 5.75 Å². The van der Waals surface area contributed by atoms with Gasteiger partial charge >= 0.3 is 0 Å². The largest absolute Gasteiger partial charge is 0.484 e. The van der Waals surface area contributed by atoms with Gasteiger partial charge in [-0.15, -0.1) is 0 Å². The van der Waals surface area contributed by atoms with Crippen LogP contribution in [0.25, 0.3) is 0 Å². The normalized spacial score (nSPS) is 11.7. The van der Waals surface area contributed by atoms with E-state index >= 15 is 0 Å². The number of hydrogen-bond donors (Lipinski definition) is 2. The van der Waals surface area contributed by atoms with Crippen LogP contribution in [0, 0.1) is 0 Å². The third kappa shape index (κ3) is 4.77. The molecule has 2 aromatic carbocycles. The number of hydrogen-bond acceptors (Lipinski definition) is 3. The highest BCUT2D eigenvalue weighted by molar-refractivity contribution is 6.30. The molecule has 0 aliphatic rings. The molecule has 2 N–H and O–H groups in total. The van der Waals surface area contributed by atoms with Gasteiger partial charge in [-0.3, -0.25) is 4.79 Å². The lowest BCUT2D eigenvalue weighted by Gasteiger charge is -2.16. The molecule has 4 nitrogen and oxygen atoms in total. The standard InChI is InChI=1S/C16H16ClNO3/c17-13-6-8-14(9-7-13)21-11-16(20)18-15(10-19)12-4-2-1-3-5-12/h1-9,15,19H,10-11H2,(H,18,20)/t15-/m1/s1. The molecule has 0 saturated heterocycles. The SMILES string of the molecule is O=C(COc1ccc(Cl)cc1)N[C@H](CO)c1ccccc1. The molecule has 1 atom stereocenters. The van der Waals surface area contributed by atoms with Gasteiger partial charge in [-0.2, -0.15) is 0 Å². The van der Waals surface area contributed by atoms with Crippen LogP contribution in [-0.2, 0) is 4.79 Å². The number of amides is 1. The van der Waals surface area contributed by atoms with Crippen molar-refractivity contribution >= 4 is 17.5 Å². The summed E-state index contributed by atoms with van der Waals surface area (Å²) in [5.74, 6) is 0.266. The van der Waals surface area contributed by atoms with Gasteiger partial charge in [0.05, 0.1) is 12.6 Å². The van der Waals surface area contributed by atoms with Gasteiger partial charge in [-0.25, -0.2) is 0 Å². The van der Waals surface area contributed by atoms with Crippen molar-refractivity contribution in [2.45, 2.75) is 6.04 Å². The van der Waals surface area contributed by atoms with Crippen molar-refractivity contribution in [3.63, 3.8) is 0 Å². The summed E-state index contributed by atoms with van der Waals surface area (Å²) in [5.41, 5.74) is 0.847. The van der Waals surface area contributed by atoms with Crippen LogP contribution in [0.15, 0.2) is 54.6 Å². The predicted octanol–water partition coefficient (Wildman–Crippen LogP) is 2.57. The quantitative estimate of drug-likeness (QED) is 0.862. The zero-order chi connectivity index (χ0) is 15.1. The second kappa shape index (κ2) is 7.67. The first-order valence-electron chi connectivity index (χ1n) is 6.52. The Morgan fingerprint density at radius 1 is 1.14 bits per heavy atom. The van der Waals surface area contributed by atoms with Gasteiger partial charge < -0.3 is 15.2 Å². The molecule has 0 aliphatic carbocycles. The van der Waals surface area contributed by atoms with E-state index in [1.165, 1.54) is 0 Å². The zero-order valence-corrected chi connectivity index (χ0v) is 12.1. The number of carbonyl (C=O) groups is 1. The number of nitrogens with one attached hydrogen (secondary N) is 1. The van der Waals surface area contributed by atoms with E-state index in [4.69, 9.17) is 16.3 Å². The number of halogens is 1. The van der Waals surface area contributed by atoms with E-state index in [9.17, 15) is 9.90 Å². The Balaban J connectivity index is 1.87. The summed E-state index contributed by atoms with van der Waals surface area (Å²) >= 11 is 5.77. The highest BCUT2D eigenvalue weighted by atomic mass is 35.5. The molecule has 0 spiro atoms. The molecule has 0 saturated carbocycles. The molecule has 110 valence electrons. The molecule has 0 fully saturated rings. The van der Waals surface area contributed by atoms with E-state index < -0.39 is 6.04 Å². The van der Waals surface area contributed by atoms with E-state index in [1.54, 1.807) is 24.3 Å². The van der Waals surface area contributed by atoms with E-state index in [0.717, 1.165) is 5.56 Å². The molecule has 0 bridgehead atoms. The van der Waals surface area contributed by atoms with Gasteiger partial charge in [0.2, 0.25) is 0 Å². The number of aliphatic hydroxyl groups excluding tert-OH is 1. The van der Waals surface area contributed by atoms with Crippen LogP contribution >= 0.6 is 11.6 Å². The van der Waals surface area contributed by atoms with Crippen molar-refractivity contribution in [3.8, 4) is 5.75 Å². The highest BCUT2D eigenvalue weighted by Gasteiger charge is 2.13. The van der Waals surface area contributed by atoms with Crippen molar-refractivity contribution in [2.75, 3.05) is 13.2 Å². The zero-order valence-electron chi connectivity index (χ0n) is 11.3. The third-order valence-corrected chi connectivity index (χ3v) is 3.16. The molecule has 5 heteroatoms. The van der Waals surface area contributed by atoms with Crippen LogP contribution in [0.2, 0.25) is 5.02 Å². The smallest absolute Gasteiger partial charge is 0.258 e. The Morgan fingerprint density at radius 3 is 2.43 bits per heavy atom. The fourth-order valence-corrected chi connectivity index (χ4v) is 1.96. The van der Waals surface area contributed by atoms with Crippen LogP contribution in [-0.4, -0.2) is 24.2 Å². The molecule has 2 rings (SSSR count). The number of carbonyl (C=O) groups excluding carboxylic acids is 1. The van der Waals surface area contributed by atoms with Crippen molar-refractivity contribution in [2.24, 2.45) is 0 Å². The minimum Gasteiger partial charge on any atom is -0.484 e. The molecule has 21 heavy (non-hydrogen) atoms. The van der Waals surface area contributed by atoms with Gasteiger partial charge in [0.1, 0.15) is 5.75 Å². The van der Waals surface area contributed by atoms with Crippen molar-refractivity contribution in [1.82, 2.24) is 5.32 Å². The minimum atomic E-state index is -0.437. The van der Waals surface area contributed by atoms with Gasteiger partial charge in [0, 0.05) is 5.02 Å². The van der Waals surface area contributed by atoms with Crippen molar-refractivity contribution in [3.05, 3.63) is 65.2 Å². The predicted molar refractivity (Wildman–Crippen MR) is 81.4 cm³/mol. The lowest BCUT2D eigenvalue weighted by atomic mass is 10.1. The molecule has 0 aromatic heterocycles. The molecule has 0 unspecified atom stereocenters. The fraction of sp³-hybridized carbons (Fsp3) is 0.188. The summed E-state index contributed by atoms with van der Waals surface area (Å²) in [6, 6.07) is 15.6. The molecule has 0 radical (unpaired) electrons. The van der Waals surface area contributed by atoms with Crippen LogP contribution in [0.4, 0.5) is 0 Å². The Hall–Kier alpha value is -2.04. The molecule has 0 heterocycles. The Labute approximate surface area is 128 Å². The second-order valence-electron chi connectivity index (χ2n) is 4.46. The summed E-state index contributed by atoms with van der Waals surface area (Å²) in [4.78, 5) is 11.9. The summed E-state index contributed by atoms with van der Waals surface area (Å²) < 4.78 is 5.35. The Kier molecular flexibility index (Phi) is 5.60. The first-order chi connectivity index (χ1) is 10.2.